The first-order valence-electron chi connectivity index (χ1n) is 5.50. The van der Waals surface area contributed by atoms with Crippen molar-refractivity contribution in [3.05, 3.63) is 0 Å². The van der Waals surface area contributed by atoms with Crippen LogP contribution in [0.2, 0.25) is 0 Å². The van der Waals surface area contributed by atoms with Crippen molar-refractivity contribution >= 4 is 6.09 Å². The molecule has 0 heterocycles. The van der Waals surface area contributed by atoms with Gasteiger partial charge >= 0.3 is 6.09 Å². The molecule has 0 saturated carbocycles. The third kappa shape index (κ3) is 6.28. The molecule has 1 atom stereocenters. The molecule has 0 aromatic rings. The molecule has 0 aliphatic heterocycles. The van der Waals surface area contributed by atoms with E-state index in [0.29, 0.717) is 12.3 Å². The smallest absolute Gasteiger partial charge is 0.408 e. The molecule has 1 amide bonds. The number of ether oxygens (including phenoxy) is 1. The summed E-state index contributed by atoms with van der Waals surface area (Å²) >= 11 is 0. The van der Waals surface area contributed by atoms with Crippen LogP contribution in [0.4, 0.5) is 4.79 Å². The molecule has 0 radical (unpaired) electrons. The quantitative estimate of drug-likeness (QED) is 0.804. The van der Waals surface area contributed by atoms with E-state index < -0.39 is 17.2 Å². The standard InChI is InChI=1S/C12H22N2O2/c1-9(2)7-12(6,8-13)14-10(15)16-11(3,4)5/h9H,7H2,1-6H3,(H,14,15)/t12-/m1/s1. The maximum atomic E-state index is 11.5. The molecule has 0 saturated heterocycles. The summed E-state index contributed by atoms with van der Waals surface area (Å²) in [6.45, 7) is 11.1. The fourth-order valence-corrected chi connectivity index (χ4v) is 1.47. The van der Waals surface area contributed by atoms with Crippen LogP contribution < -0.4 is 5.32 Å². The molecule has 1 N–H and O–H groups in total. The number of rotatable bonds is 3. The van der Waals surface area contributed by atoms with Crippen LogP contribution in [0.3, 0.4) is 0 Å². The number of amides is 1. The summed E-state index contributed by atoms with van der Waals surface area (Å²) in [6, 6.07) is 2.11. The first kappa shape index (κ1) is 14.8. The highest BCUT2D eigenvalue weighted by Gasteiger charge is 2.29. The lowest BCUT2D eigenvalue weighted by Crippen LogP contribution is -2.47. The summed E-state index contributed by atoms with van der Waals surface area (Å²) in [5.41, 5.74) is -1.41. The van der Waals surface area contributed by atoms with Gasteiger partial charge < -0.3 is 10.1 Å². The number of carbonyl (C=O) groups is 1. The van der Waals surface area contributed by atoms with Gasteiger partial charge in [0.1, 0.15) is 11.1 Å². The molecule has 16 heavy (non-hydrogen) atoms. The van der Waals surface area contributed by atoms with Crippen molar-refractivity contribution in [2.24, 2.45) is 5.92 Å². The zero-order chi connectivity index (χ0) is 13.0. The molecule has 0 aromatic carbocycles. The molecule has 0 aromatic heterocycles. The van der Waals surface area contributed by atoms with Crippen LogP contribution in [0.1, 0.15) is 48.0 Å². The van der Waals surface area contributed by atoms with Crippen molar-refractivity contribution in [1.82, 2.24) is 5.32 Å². The van der Waals surface area contributed by atoms with Gasteiger partial charge in [0.05, 0.1) is 6.07 Å². The first-order valence-corrected chi connectivity index (χ1v) is 5.50. The van der Waals surface area contributed by atoms with E-state index in [-0.39, 0.29) is 0 Å². The van der Waals surface area contributed by atoms with Gasteiger partial charge in [-0.15, -0.1) is 0 Å². The van der Waals surface area contributed by atoms with Gasteiger partial charge in [-0.1, -0.05) is 13.8 Å². The van der Waals surface area contributed by atoms with E-state index in [1.165, 1.54) is 0 Å². The predicted molar refractivity (Wildman–Crippen MR) is 62.8 cm³/mol. The van der Waals surface area contributed by atoms with Gasteiger partial charge in [-0.05, 0) is 40.0 Å². The van der Waals surface area contributed by atoms with Crippen LogP contribution >= 0.6 is 0 Å². The lowest BCUT2D eigenvalue weighted by Gasteiger charge is -2.27. The Kier molecular flexibility index (Phi) is 4.80. The summed E-state index contributed by atoms with van der Waals surface area (Å²) in [5.74, 6) is 0.333. The van der Waals surface area contributed by atoms with Gasteiger partial charge in [0.15, 0.2) is 0 Å². The van der Waals surface area contributed by atoms with Gasteiger partial charge in [0.25, 0.3) is 0 Å². The molecule has 0 fully saturated rings. The van der Waals surface area contributed by atoms with Gasteiger partial charge in [0, 0.05) is 0 Å². The highest BCUT2D eigenvalue weighted by molar-refractivity contribution is 5.69. The Labute approximate surface area is 98.0 Å². The minimum Gasteiger partial charge on any atom is -0.444 e. The third-order valence-electron chi connectivity index (χ3n) is 1.84. The third-order valence-corrected chi connectivity index (χ3v) is 1.84. The molecule has 0 rings (SSSR count). The highest BCUT2D eigenvalue weighted by Crippen LogP contribution is 2.16. The summed E-state index contributed by atoms with van der Waals surface area (Å²) in [5, 5.41) is 11.7. The van der Waals surface area contributed by atoms with E-state index in [4.69, 9.17) is 10.00 Å². The van der Waals surface area contributed by atoms with E-state index in [0.717, 1.165) is 0 Å². The zero-order valence-corrected chi connectivity index (χ0v) is 11.0. The predicted octanol–water partition coefficient (Wildman–Crippen LogP) is 2.84. The van der Waals surface area contributed by atoms with E-state index in [2.05, 4.69) is 11.4 Å². The Morgan fingerprint density at radius 2 is 1.88 bits per heavy atom. The summed E-state index contributed by atoms with van der Waals surface area (Å²) in [4.78, 5) is 11.5. The second-order valence-corrected chi connectivity index (χ2v) is 5.67. The number of nitrogens with one attached hydrogen (secondary N) is 1. The van der Waals surface area contributed by atoms with Crippen LogP contribution in [-0.4, -0.2) is 17.2 Å². The van der Waals surface area contributed by atoms with Crippen molar-refractivity contribution in [2.45, 2.75) is 59.1 Å². The van der Waals surface area contributed by atoms with Crippen LogP contribution in [-0.2, 0) is 4.74 Å². The number of carbonyl (C=O) groups excluding carboxylic acids is 1. The van der Waals surface area contributed by atoms with Crippen molar-refractivity contribution in [2.75, 3.05) is 0 Å². The lowest BCUT2D eigenvalue weighted by atomic mass is 9.92. The van der Waals surface area contributed by atoms with Crippen molar-refractivity contribution in [1.29, 1.82) is 5.26 Å². The Bertz CT molecular complexity index is 286. The molecule has 0 aliphatic carbocycles. The monoisotopic (exact) mass is 226 g/mol. The number of hydrogen-bond donors (Lipinski definition) is 1. The molecule has 0 unspecified atom stereocenters. The lowest BCUT2D eigenvalue weighted by molar-refractivity contribution is 0.0479. The molecule has 0 spiro atoms. The average Bonchev–Trinajstić information content (AvgIpc) is 1.98. The van der Waals surface area contributed by atoms with Crippen molar-refractivity contribution < 1.29 is 9.53 Å². The second kappa shape index (κ2) is 5.20. The number of nitrogens with zero attached hydrogens (tertiary/aromatic N) is 1. The van der Waals surface area contributed by atoms with E-state index in [1.54, 1.807) is 27.7 Å². The molecular formula is C12H22N2O2. The maximum Gasteiger partial charge on any atom is 0.408 e. The Morgan fingerprint density at radius 1 is 1.38 bits per heavy atom. The fourth-order valence-electron chi connectivity index (χ4n) is 1.47. The molecule has 92 valence electrons. The minimum absolute atomic E-state index is 0.333. The number of nitriles is 1. The fraction of sp³-hybridized carbons (Fsp3) is 0.833. The van der Waals surface area contributed by atoms with Crippen molar-refractivity contribution in [3.8, 4) is 6.07 Å². The zero-order valence-electron chi connectivity index (χ0n) is 11.0. The van der Waals surface area contributed by atoms with Gasteiger partial charge in [-0.2, -0.15) is 5.26 Å². The first-order chi connectivity index (χ1) is 7.08. The molecule has 0 aliphatic rings. The maximum absolute atomic E-state index is 11.5. The molecule has 4 heteroatoms. The largest absolute Gasteiger partial charge is 0.444 e. The Balaban J connectivity index is 4.45. The minimum atomic E-state index is -0.865. The molecule has 4 nitrogen and oxygen atoms in total. The van der Waals surface area contributed by atoms with E-state index >= 15 is 0 Å². The normalized spacial score (nSPS) is 15.1. The molecule has 0 bridgehead atoms. The summed E-state index contributed by atoms with van der Waals surface area (Å²) in [7, 11) is 0. The van der Waals surface area contributed by atoms with Gasteiger partial charge in [-0.3, -0.25) is 0 Å². The van der Waals surface area contributed by atoms with Crippen LogP contribution in [0.5, 0.6) is 0 Å². The second-order valence-electron chi connectivity index (χ2n) is 5.67. The molecular weight excluding hydrogens is 204 g/mol. The summed E-state index contributed by atoms with van der Waals surface area (Å²) < 4.78 is 5.12. The van der Waals surface area contributed by atoms with E-state index in [9.17, 15) is 4.79 Å². The van der Waals surface area contributed by atoms with Gasteiger partial charge in [0.2, 0.25) is 0 Å². The van der Waals surface area contributed by atoms with Crippen LogP contribution in [0.25, 0.3) is 0 Å². The van der Waals surface area contributed by atoms with Crippen LogP contribution in [0, 0.1) is 17.2 Å². The average molecular weight is 226 g/mol. The number of alkyl carbamates (subject to hydrolysis) is 1. The number of hydrogen-bond acceptors (Lipinski definition) is 3. The van der Waals surface area contributed by atoms with Gasteiger partial charge in [-0.25, -0.2) is 4.79 Å². The Morgan fingerprint density at radius 3 is 2.19 bits per heavy atom. The van der Waals surface area contributed by atoms with Crippen LogP contribution in [0.15, 0.2) is 0 Å². The SMILES string of the molecule is CC(C)C[C@](C)(C#N)NC(=O)OC(C)(C)C. The Hall–Kier alpha value is -1.24. The summed E-state index contributed by atoms with van der Waals surface area (Å²) in [6.07, 6.45) is 0.0557. The highest BCUT2D eigenvalue weighted by atomic mass is 16.6. The van der Waals surface area contributed by atoms with Crippen molar-refractivity contribution in [3.63, 3.8) is 0 Å². The topological polar surface area (TPSA) is 62.1 Å². The van der Waals surface area contributed by atoms with E-state index in [1.807, 2.05) is 13.8 Å².